The van der Waals surface area contributed by atoms with Crippen LogP contribution in [-0.2, 0) is 6.54 Å². The van der Waals surface area contributed by atoms with E-state index in [-0.39, 0.29) is 5.75 Å². The van der Waals surface area contributed by atoms with Crippen molar-refractivity contribution in [3.8, 4) is 17.3 Å². The zero-order valence-electron chi connectivity index (χ0n) is 12.8. The topological polar surface area (TPSA) is 103 Å². The van der Waals surface area contributed by atoms with Gasteiger partial charge in [0.15, 0.2) is 11.5 Å². The summed E-state index contributed by atoms with van der Waals surface area (Å²) in [5, 5.41) is 16.9. The summed E-state index contributed by atoms with van der Waals surface area (Å²) < 4.78 is 5.97. The summed E-state index contributed by atoms with van der Waals surface area (Å²) >= 11 is 1.34. The van der Waals surface area contributed by atoms with Gasteiger partial charge in [-0.15, -0.1) is 0 Å². The Kier molecular flexibility index (Phi) is 3.39. The number of phenolic OH excluding ortho intramolecular Hbond substituents is 1. The number of hydrogen-bond donors (Lipinski definition) is 2. The van der Waals surface area contributed by atoms with E-state index in [1.807, 2.05) is 36.7 Å². The quantitative estimate of drug-likeness (QED) is 0.595. The minimum atomic E-state index is 0.273. The Morgan fingerprint density at radius 2 is 2.12 bits per heavy atom. The molecule has 0 fully saturated rings. The van der Waals surface area contributed by atoms with Crippen molar-refractivity contribution in [2.24, 2.45) is 0 Å². The van der Waals surface area contributed by atoms with Crippen molar-refractivity contribution in [3.05, 3.63) is 47.0 Å². The van der Waals surface area contributed by atoms with Crippen molar-refractivity contribution in [1.29, 1.82) is 0 Å². The molecule has 0 saturated heterocycles. The standard InChI is InChI=1S/C16H14N6OS/c1-9-2-3-10(6-13(9)23)7-22-8-11-14(17)18-16(19-15(11)20-22)12-4-5-24-21-12/h2-6,8,23H,7H2,1H3,(H2,17,18,19,20). The maximum Gasteiger partial charge on any atom is 0.187 e. The Morgan fingerprint density at radius 1 is 1.25 bits per heavy atom. The molecule has 120 valence electrons. The predicted molar refractivity (Wildman–Crippen MR) is 92.8 cm³/mol. The first-order valence-corrected chi connectivity index (χ1v) is 8.14. The summed E-state index contributed by atoms with van der Waals surface area (Å²) in [6, 6.07) is 7.41. The first-order valence-electron chi connectivity index (χ1n) is 7.30. The van der Waals surface area contributed by atoms with Gasteiger partial charge in [0, 0.05) is 11.6 Å². The maximum atomic E-state index is 9.83. The summed E-state index contributed by atoms with van der Waals surface area (Å²) in [6.07, 6.45) is 1.81. The molecule has 0 aliphatic carbocycles. The zero-order valence-corrected chi connectivity index (χ0v) is 13.7. The van der Waals surface area contributed by atoms with Crippen LogP contribution in [0.3, 0.4) is 0 Å². The number of phenols is 1. The molecule has 0 amide bonds. The average Bonchev–Trinajstić information content (AvgIpc) is 3.20. The van der Waals surface area contributed by atoms with Crippen LogP contribution in [0.25, 0.3) is 22.6 Å². The van der Waals surface area contributed by atoms with Crippen LogP contribution in [0.1, 0.15) is 11.1 Å². The first-order chi connectivity index (χ1) is 11.6. The molecular weight excluding hydrogens is 324 g/mol. The molecule has 3 aromatic heterocycles. The molecule has 4 rings (SSSR count). The number of anilines is 1. The van der Waals surface area contributed by atoms with Gasteiger partial charge in [0.25, 0.3) is 0 Å². The minimum absolute atomic E-state index is 0.273. The van der Waals surface area contributed by atoms with Gasteiger partial charge < -0.3 is 10.8 Å². The molecule has 0 aliphatic heterocycles. The third kappa shape index (κ3) is 2.56. The Bertz CT molecular complexity index is 1020. The molecule has 1 aromatic carbocycles. The van der Waals surface area contributed by atoms with E-state index >= 15 is 0 Å². The number of aryl methyl sites for hydroxylation is 1. The number of rotatable bonds is 3. The SMILES string of the molecule is Cc1ccc(Cn2cc3c(N)nc(-c4ccsn4)nc3n2)cc1O. The van der Waals surface area contributed by atoms with Crippen molar-refractivity contribution < 1.29 is 5.11 Å². The van der Waals surface area contributed by atoms with E-state index < -0.39 is 0 Å². The highest BCUT2D eigenvalue weighted by atomic mass is 32.1. The fraction of sp³-hybridized carbons (Fsp3) is 0.125. The number of nitrogens with zero attached hydrogens (tertiary/aromatic N) is 5. The van der Waals surface area contributed by atoms with Crippen LogP contribution in [0.4, 0.5) is 5.82 Å². The van der Waals surface area contributed by atoms with Crippen molar-refractivity contribution >= 4 is 28.4 Å². The van der Waals surface area contributed by atoms with Gasteiger partial charge in [-0.05, 0) is 41.7 Å². The number of aromatic nitrogens is 5. The lowest BCUT2D eigenvalue weighted by Crippen LogP contribution is -2.00. The van der Waals surface area contributed by atoms with E-state index in [0.29, 0.717) is 34.9 Å². The van der Waals surface area contributed by atoms with Crippen molar-refractivity contribution in [3.63, 3.8) is 0 Å². The molecule has 0 spiro atoms. The second-order valence-corrected chi connectivity index (χ2v) is 6.17. The molecule has 0 atom stereocenters. The summed E-state index contributed by atoms with van der Waals surface area (Å²) in [4.78, 5) is 8.75. The molecule has 0 saturated carbocycles. The zero-order chi connectivity index (χ0) is 16.7. The molecule has 0 radical (unpaired) electrons. The number of nitrogen functional groups attached to an aromatic ring is 1. The molecular formula is C16H14N6OS. The van der Waals surface area contributed by atoms with Crippen LogP contribution in [0.15, 0.2) is 35.8 Å². The van der Waals surface area contributed by atoms with Gasteiger partial charge >= 0.3 is 0 Å². The third-order valence-corrected chi connectivity index (χ3v) is 4.30. The van der Waals surface area contributed by atoms with Crippen molar-refractivity contribution in [2.45, 2.75) is 13.5 Å². The van der Waals surface area contributed by atoms with E-state index in [4.69, 9.17) is 5.73 Å². The molecule has 4 aromatic rings. The Morgan fingerprint density at radius 3 is 2.88 bits per heavy atom. The van der Waals surface area contributed by atoms with Crippen LogP contribution in [-0.4, -0.2) is 29.2 Å². The molecule has 0 unspecified atom stereocenters. The van der Waals surface area contributed by atoms with Crippen molar-refractivity contribution in [2.75, 3.05) is 5.73 Å². The monoisotopic (exact) mass is 338 g/mol. The summed E-state index contributed by atoms with van der Waals surface area (Å²) in [5.74, 6) is 1.12. The third-order valence-electron chi connectivity index (χ3n) is 3.74. The van der Waals surface area contributed by atoms with Gasteiger partial charge in [-0.2, -0.15) is 9.47 Å². The summed E-state index contributed by atoms with van der Waals surface area (Å²) in [6.45, 7) is 2.37. The number of fused-ring (bicyclic) bond motifs is 1. The second kappa shape index (κ2) is 5.57. The Labute approximate surface area is 141 Å². The van der Waals surface area contributed by atoms with Crippen LogP contribution in [0, 0.1) is 6.92 Å². The smallest absolute Gasteiger partial charge is 0.187 e. The summed E-state index contributed by atoms with van der Waals surface area (Å²) in [7, 11) is 0. The molecule has 3 heterocycles. The van der Waals surface area contributed by atoms with Gasteiger partial charge in [0.1, 0.15) is 17.3 Å². The van der Waals surface area contributed by atoms with Gasteiger partial charge in [0.05, 0.1) is 11.9 Å². The van der Waals surface area contributed by atoms with Crippen molar-refractivity contribution in [1.82, 2.24) is 24.1 Å². The number of aromatic hydroxyl groups is 1. The fourth-order valence-electron chi connectivity index (χ4n) is 2.44. The average molecular weight is 338 g/mol. The largest absolute Gasteiger partial charge is 0.508 e. The lowest BCUT2D eigenvalue weighted by atomic mass is 10.1. The molecule has 0 aliphatic rings. The highest BCUT2D eigenvalue weighted by Crippen LogP contribution is 2.23. The highest BCUT2D eigenvalue weighted by Gasteiger charge is 2.12. The van der Waals surface area contributed by atoms with Crippen LogP contribution in [0.2, 0.25) is 0 Å². The molecule has 24 heavy (non-hydrogen) atoms. The van der Waals surface area contributed by atoms with E-state index in [1.165, 1.54) is 11.5 Å². The minimum Gasteiger partial charge on any atom is -0.508 e. The highest BCUT2D eigenvalue weighted by molar-refractivity contribution is 7.03. The maximum absolute atomic E-state index is 9.83. The van der Waals surface area contributed by atoms with E-state index in [9.17, 15) is 5.11 Å². The lowest BCUT2D eigenvalue weighted by Gasteiger charge is -2.04. The summed E-state index contributed by atoms with van der Waals surface area (Å²) in [5.41, 5.74) is 9.04. The van der Waals surface area contributed by atoms with E-state index in [1.54, 1.807) is 10.7 Å². The van der Waals surface area contributed by atoms with Gasteiger partial charge in [-0.3, -0.25) is 4.68 Å². The lowest BCUT2D eigenvalue weighted by molar-refractivity contribution is 0.470. The van der Waals surface area contributed by atoms with E-state index in [0.717, 1.165) is 11.1 Å². The molecule has 3 N–H and O–H groups in total. The molecule has 8 heteroatoms. The van der Waals surface area contributed by atoms with Crippen LogP contribution in [0.5, 0.6) is 5.75 Å². The molecule has 7 nitrogen and oxygen atoms in total. The Balaban J connectivity index is 1.72. The van der Waals surface area contributed by atoms with E-state index in [2.05, 4.69) is 19.4 Å². The number of hydrogen-bond acceptors (Lipinski definition) is 7. The fourth-order valence-corrected chi connectivity index (χ4v) is 2.94. The second-order valence-electron chi connectivity index (χ2n) is 5.50. The predicted octanol–water partition coefficient (Wildman–Crippen LogP) is 2.59. The van der Waals surface area contributed by atoms with Crippen LogP contribution >= 0.6 is 11.5 Å². The van der Waals surface area contributed by atoms with Gasteiger partial charge in [-0.25, -0.2) is 9.97 Å². The molecule has 0 bridgehead atoms. The van der Waals surface area contributed by atoms with Gasteiger partial charge in [0.2, 0.25) is 0 Å². The first kappa shape index (κ1) is 14.6. The Hall–Kier alpha value is -3.00. The number of nitrogens with two attached hydrogens (primary N) is 1. The van der Waals surface area contributed by atoms with Gasteiger partial charge in [-0.1, -0.05) is 12.1 Å². The number of benzene rings is 1. The normalized spacial score (nSPS) is 11.2. The van der Waals surface area contributed by atoms with Crippen LogP contribution < -0.4 is 5.73 Å².